The highest BCUT2D eigenvalue weighted by Gasteiger charge is 2.28. The number of aromatic nitrogens is 4. The summed E-state index contributed by atoms with van der Waals surface area (Å²) in [6, 6.07) is 34.8. The van der Waals surface area contributed by atoms with Gasteiger partial charge in [0.1, 0.15) is 11.2 Å². The minimum atomic E-state index is -0.152. The van der Waals surface area contributed by atoms with Crippen LogP contribution in [0.3, 0.4) is 0 Å². The summed E-state index contributed by atoms with van der Waals surface area (Å²) in [7, 11) is 0. The first-order valence-corrected chi connectivity index (χ1v) is 19.2. The van der Waals surface area contributed by atoms with E-state index in [1.165, 1.54) is 33.0 Å². The molecule has 0 aliphatic carbocycles. The number of fused-ring (bicyclic) bond motifs is 6. The zero-order chi connectivity index (χ0) is 38.5. The van der Waals surface area contributed by atoms with Crippen molar-refractivity contribution >= 4 is 43.7 Å². The van der Waals surface area contributed by atoms with E-state index in [0.717, 1.165) is 44.1 Å². The van der Waals surface area contributed by atoms with Gasteiger partial charge in [0.2, 0.25) is 5.95 Å². The summed E-state index contributed by atoms with van der Waals surface area (Å²) in [4.78, 5) is 16.1. The van der Waals surface area contributed by atoms with Crippen LogP contribution in [0.25, 0.3) is 72.5 Å². The maximum absolute atomic E-state index is 6.23. The maximum atomic E-state index is 6.23. The van der Waals surface area contributed by atoms with E-state index in [1.54, 1.807) is 0 Å². The predicted molar refractivity (Wildman–Crippen MR) is 227 cm³/mol. The van der Waals surface area contributed by atoms with Gasteiger partial charge in [-0.2, -0.15) is 9.97 Å². The summed E-state index contributed by atoms with van der Waals surface area (Å²) in [5, 5.41) is 4.51. The SMILES string of the molecule is CC(C)(C)c1cc(-c2nc(-c3ccc4oc5ccccc5c4c3)nc(-n3c4ccccc4c4cc(C(C)(C)C)cc(C(C)(C)C)c43)n2)cc(C(C)(C)C)c1. The second-order valence-electron chi connectivity index (χ2n) is 19.2. The fourth-order valence-corrected chi connectivity index (χ4v) is 7.52. The lowest BCUT2D eigenvalue weighted by atomic mass is 9.79. The number of furan rings is 1. The van der Waals surface area contributed by atoms with Crippen molar-refractivity contribution in [2.24, 2.45) is 0 Å². The molecular weight excluding hydrogens is 661 g/mol. The molecule has 0 atom stereocenters. The van der Waals surface area contributed by atoms with E-state index in [0.29, 0.717) is 17.6 Å². The van der Waals surface area contributed by atoms with Gasteiger partial charge in [-0.1, -0.05) is 132 Å². The third kappa shape index (κ3) is 6.18. The van der Waals surface area contributed by atoms with Gasteiger partial charge in [0.05, 0.1) is 11.0 Å². The average Bonchev–Trinajstić information content (AvgIpc) is 3.65. The highest BCUT2D eigenvalue weighted by Crippen LogP contribution is 2.42. The summed E-state index contributed by atoms with van der Waals surface area (Å²) >= 11 is 0. The van der Waals surface area contributed by atoms with Crippen molar-refractivity contribution in [3.05, 3.63) is 119 Å². The molecule has 0 N–H and O–H groups in total. The summed E-state index contributed by atoms with van der Waals surface area (Å²) in [5.74, 6) is 1.87. The Morgan fingerprint density at radius 3 is 1.63 bits per heavy atom. The number of para-hydroxylation sites is 2. The topological polar surface area (TPSA) is 56.7 Å². The van der Waals surface area contributed by atoms with E-state index >= 15 is 0 Å². The molecule has 8 rings (SSSR count). The molecule has 0 saturated heterocycles. The minimum absolute atomic E-state index is 0.0242. The standard InChI is InChI=1S/C49H52N4O/c1-46(2,3)31-23-30(24-32(26-31)47(4,5)6)44-50-43(29-21-22-41-36(25-29)35-18-14-16-20-40(35)54-41)51-45(52-44)53-39-19-15-13-17-34(39)37-27-33(48(7,8)9)28-38(42(37)53)49(10,11)12/h13-28H,1-12H3. The van der Waals surface area contributed by atoms with Crippen LogP contribution in [0.4, 0.5) is 0 Å². The van der Waals surface area contributed by atoms with E-state index in [9.17, 15) is 0 Å². The van der Waals surface area contributed by atoms with E-state index in [-0.39, 0.29) is 21.7 Å². The van der Waals surface area contributed by atoms with Gasteiger partial charge < -0.3 is 4.42 Å². The van der Waals surface area contributed by atoms with Crippen LogP contribution in [-0.2, 0) is 21.7 Å². The molecular formula is C49H52N4O. The van der Waals surface area contributed by atoms with Crippen LogP contribution in [0.1, 0.15) is 105 Å². The Bertz CT molecular complexity index is 2720. The number of benzene rings is 5. The van der Waals surface area contributed by atoms with Gasteiger partial charge in [-0.05, 0) is 92.4 Å². The molecule has 0 bridgehead atoms. The van der Waals surface area contributed by atoms with E-state index in [2.05, 4.69) is 167 Å². The van der Waals surface area contributed by atoms with Crippen LogP contribution in [0.15, 0.2) is 101 Å². The van der Waals surface area contributed by atoms with Crippen molar-refractivity contribution in [2.45, 2.75) is 105 Å². The molecule has 5 nitrogen and oxygen atoms in total. The second kappa shape index (κ2) is 12.1. The molecule has 0 spiro atoms. The van der Waals surface area contributed by atoms with E-state index in [1.807, 2.05) is 18.2 Å². The summed E-state index contributed by atoms with van der Waals surface area (Å²) in [6.07, 6.45) is 0. The highest BCUT2D eigenvalue weighted by molar-refractivity contribution is 6.11. The molecule has 0 fully saturated rings. The molecule has 8 aromatic rings. The van der Waals surface area contributed by atoms with E-state index < -0.39 is 0 Å². The summed E-state index contributed by atoms with van der Waals surface area (Å²) < 4.78 is 8.51. The molecule has 0 radical (unpaired) electrons. The molecule has 0 saturated carbocycles. The first-order chi connectivity index (χ1) is 25.3. The number of nitrogens with zero attached hydrogens (tertiary/aromatic N) is 4. The van der Waals surface area contributed by atoms with Crippen molar-refractivity contribution < 1.29 is 4.42 Å². The maximum Gasteiger partial charge on any atom is 0.238 e. The molecule has 3 aromatic heterocycles. The fourth-order valence-electron chi connectivity index (χ4n) is 7.52. The van der Waals surface area contributed by atoms with Gasteiger partial charge in [-0.25, -0.2) is 4.98 Å². The van der Waals surface area contributed by atoms with E-state index in [4.69, 9.17) is 19.4 Å². The van der Waals surface area contributed by atoms with Crippen LogP contribution in [0.2, 0.25) is 0 Å². The smallest absolute Gasteiger partial charge is 0.238 e. The van der Waals surface area contributed by atoms with Crippen LogP contribution >= 0.6 is 0 Å². The molecule has 0 unspecified atom stereocenters. The Labute approximate surface area is 319 Å². The number of hydrogen-bond donors (Lipinski definition) is 0. The average molecular weight is 713 g/mol. The van der Waals surface area contributed by atoms with Crippen molar-refractivity contribution in [1.82, 2.24) is 19.5 Å². The lowest BCUT2D eigenvalue weighted by molar-refractivity contribution is 0.569. The van der Waals surface area contributed by atoms with Crippen LogP contribution in [0, 0.1) is 0 Å². The Hall–Kier alpha value is -5.29. The van der Waals surface area contributed by atoms with Crippen LogP contribution in [-0.4, -0.2) is 19.5 Å². The first-order valence-electron chi connectivity index (χ1n) is 19.2. The van der Waals surface area contributed by atoms with Crippen molar-refractivity contribution in [2.75, 3.05) is 0 Å². The van der Waals surface area contributed by atoms with Gasteiger partial charge >= 0.3 is 0 Å². The largest absolute Gasteiger partial charge is 0.456 e. The molecule has 54 heavy (non-hydrogen) atoms. The van der Waals surface area contributed by atoms with Gasteiger partial charge in [0, 0.05) is 32.7 Å². The molecule has 0 amide bonds. The second-order valence-corrected chi connectivity index (χ2v) is 19.2. The predicted octanol–water partition coefficient (Wildman–Crippen LogP) is 13.4. The molecule has 0 aliphatic heterocycles. The zero-order valence-electron chi connectivity index (χ0n) is 33.9. The Morgan fingerprint density at radius 2 is 1.00 bits per heavy atom. The summed E-state index contributed by atoms with van der Waals surface area (Å²) in [5.41, 5.74) is 10.6. The first kappa shape index (κ1) is 35.7. The molecule has 5 aromatic carbocycles. The molecule has 5 heteroatoms. The molecule has 274 valence electrons. The number of hydrogen-bond acceptors (Lipinski definition) is 4. The van der Waals surface area contributed by atoms with Crippen molar-refractivity contribution in [3.8, 4) is 28.7 Å². The third-order valence-corrected chi connectivity index (χ3v) is 10.8. The number of rotatable bonds is 3. The fraction of sp³-hybridized carbons (Fsp3) is 0.327. The molecule has 0 aliphatic rings. The quantitative estimate of drug-likeness (QED) is 0.183. The lowest BCUT2D eigenvalue weighted by Crippen LogP contribution is -2.18. The van der Waals surface area contributed by atoms with Gasteiger partial charge in [0.15, 0.2) is 11.6 Å². The normalized spacial score (nSPS) is 13.2. The Kier molecular flexibility index (Phi) is 8.01. The van der Waals surface area contributed by atoms with Crippen molar-refractivity contribution in [3.63, 3.8) is 0 Å². The van der Waals surface area contributed by atoms with Gasteiger partial charge in [-0.3, -0.25) is 4.57 Å². The third-order valence-electron chi connectivity index (χ3n) is 10.8. The lowest BCUT2D eigenvalue weighted by Gasteiger charge is -2.27. The van der Waals surface area contributed by atoms with Crippen molar-refractivity contribution in [1.29, 1.82) is 0 Å². The Morgan fingerprint density at radius 1 is 0.444 bits per heavy atom. The van der Waals surface area contributed by atoms with Gasteiger partial charge in [-0.15, -0.1) is 0 Å². The zero-order valence-corrected chi connectivity index (χ0v) is 33.9. The highest BCUT2D eigenvalue weighted by atomic mass is 16.3. The van der Waals surface area contributed by atoms with Gasteiger partial charge in [0.25, 0.3) is 0 Å². The monoisotopic (exact) mass is 712 g/mol. The Balaban J connectivity index is 1.49. The van der Waals surface area contributed by atoms with Crippen LogP contribution < -0.4 is 0 Å². The minimum Gasteiger partial charge on any atom is -0.456 e. The summed E-state index contributed by atoms with van der Waals surface area (Å²) in [6.45, 7) is 27.4. The molecule has 3 heterocycles. The van der Waals surface area contributed by atoms with Crippen LogP contribution in [0.5, 0.6) is 0 Å².